The molecule has 5 heteroatoms. The predicted molar refractivity (Wildman–Crippen MR) is 114 cm³/mol. The number of fused-ring (bicyclic) bond motifs is 1. The summed E-state index contributed by atoms with van der Waals surface area (Å²) in [4.78, 5) is 4.67. The van der Waals surface area contributed by atoms with Gasteiger partial charge in [-0.15, -0.1) is 11.3 Å². The van der Waals surface area contributed by atoms with Gasteiger partial charge in [-0.1, -0.05) is 41.9 Å². The molecule has 0 saturated carbocycles. The third-order valence-corrected chi connectivity index (χ3v) is 5.86. The summed E-state index contributed by atoms with van der Waals surface area (Å²) in [5, 5.41) is 14.3. The fraction of sp³-hybridized carbons (Fsp3) is 0.0909. The fourth-order valence-electron chi connectivity index (χ4n) is 3.17. The third kappa shape index (κ3) is 3.16. The Morgan fingerprint density at radius 3 is 2.67 bits per heavy atom. The van der Waals surface area contributed by atoms with Crippen molar-refractivity contribution < 1.29 is 0 Å². The molecule has 3 nitrogen and oxygen atoms in total. The van der Waals surface area contributed by atoms with E-state index in [1.54, 1.807) is 0 Å². The molecule has 2 aromatic heterocycles. The van der Waals surface area contributed by atoms with Crippen molar-refractivity contribution in [2.45, 2.75) is 6.92 Å². The van der Waals surface area contributed by atoms with Crippen LogP contribution in [0.25, 0.3) is 33.8 Å². The van der Waals surface area contributed by atoms with Crippen LogP contribution in [0.2, 0.25) is 5.02 Å². The van der Waals surface area contributed by atoms with Crippen molar-refractivity contribution in [3.63, 3.8) is 0 Å². The van der Waals surface area contributed by atoms with Crippen LogP contribution in [0.5, 0.6) is 0 Å². The number of aromatic nitrogens is 2. The Kier molecular flexibility index (Phi) is 4.57. The molecule has 4 aromatic rings. The average Bonchev–Trinajstić information content (AvgIpc) is 3.26. The smallest absolute Gasteiger partial charge is 0.134 e. The van der Waals surface area contributed by atoms with Gasteiger partial charge >= 0.3 is 0 Å². The number of thiazole rings is 1. The summed E-state index contributed by atoms with van der Waals surface area (Å²) < 4.78 is 2.15. The molecule has 0 radical (unpaired) electrons. The second-order valence-electron chi connectivity index (χ2n) is 6.29. The van der Waals surface area contributed by atoms with Gasteiger partial charge in [0.1, 0.15) is 11.1 Å². The highest BCUT2D eigenvalue weighted by Crippen LogP contribution is 2.31. The number of nitriles is 1. The zero-order chi connectivity index (χ0) is 19.0. The summed E-state index contributed by atoms with van der Waals surface area (Å²) in [7, 11) is 2.04. The number of hydrogen-bond donors (Lipinski definition) is 0. The first-order valence-electron chi connectivity index (χ1n) is 8.46. The lowest BCUT2D eigenvalue weighted by Crippen LogP contribution is -1.90. The highest BCUT2D eigenvalue weighted by Gasteiger charge is 2.14. The van der Waals surface area contributed by atoms with Crippen molar-refractivity contribution in [1.29, 1.82) is 5.26 Å². The van der Waals surface area contributed by atoms with Crippen molar-refractivity contribution >= 4 is 45.5 Å². The first-order valence-corrected chi connectivity index (χ1v) is 9.72. The normalized spacial score (nSPS) is 11.7. The SMILES string of the molecule is Cc1c(/C=C(/C#N)c2nc(-c3ccc(Cl)cc3)cs2)c2ccccc2n1C. The molecule has 4 rings (SSSR count). The lowest BCUT2D eigenvalue weighted by molar-refractivity contribution is 0.916. The van der Waals surface area contributed by atoms with E-state index in [1.807, 2.05) is 54.9 Å². The summed E-state index contributed by atoms with van der Waals surface area (Å²) in [5.41, 5.74) is 5.74. The molecule has 0 aliphatic rings. The van der Waals surface area contributed by atoms with Crippen LogP contribution in [-0.2, 0) is 7.05 Å². The van der Waals surface area contributed by atoms with E-state index in [-0.39, 0.29) is 0 Å². The summed E-state index contributed by atoms with van der Waals surface area (Å²) in [6, 6.07) is 18.1. The minimum Gasteiger partial charge on any atom is -0.347 e. The third-order valence-electron chi connectivity index (χ3n) is 4.73. The Hall–Kier alpha value is -2.87. The van der Waals surface area contributed by atoms with Gasteiger partial charge in [0.25, 0.3) is 0 Å². The number of hydrogen-bond acceptors (Lipinski definition) is 3. The zero-order valence-corrected chi connectivity index (χ0v) is 16.5. The summed E-state index contributed by atoms with van der Waals surface area (Å²) in [5.74, 6) is 0. The molecule has 132 valence electrons. The highest BCUT2D eigenvalue weighted by molar-refractivity contribution is 7.11. The van der Waals surface area contributed by atoms with Crippen LogP contribution >= 0.6 is 22.9 Å². The number of nitrogens with zero attached hydrogens (tertiary/aromatic N) is 3. The number of benzene rings is 2. The van der Waals surface area contributed by atoms with Gasteiger partial charge in [0, 0.05) is 45.2 Å². The van der Waals surface area contributed by atoms with Crippen LogP contribution < -0.4 is 0 Å². The molecule has 0 bridgehead atoms. The average molecular weight is 390 g/mol. The maximum absolute atomic E-state index is 9.75. The van der Waals surface area contributed by atoms with Gasteiger partial charge < -0.3 is 4.57 Å². The van der Waals surface area contributed by atoms with E-state index in [1.165, 1.54) is 11.3 Å². The van der Waals surface area contributed by atoms with Crippen molar-refractivity contribution in [2.24, 2.45) is 7.05 Å². The van der Waals surface area contributed by atoms with Crippen LogP contribution in [0.15, 0.2) is 53.9 Å². The molecular formula is C22H16ClN3S. The van der Waals surface area contributed by atoms with Gasteiger partial charge in [-0.3, -0.25) is 0 Å². The van der Waals surface area contributed by atoms with Crippen molar-refractivity contribution in [3.05, 3.63) is 75.2 Å². The van der Waals surface area contributed by atoms with Crippen LogP contribution in [-0.4, -0.2) is 9.55 Å². The predicted octanol–water partition coefficient (Wildman–Crippen LogP) is 6.33. The second kappa shape index (κ2) is 7.03. The maximum atomic E-state index is 9.75. The van der Waals surface area contributed by atoms with Crippen LogP contribution in [0.3, 0.4) is 0 Å². The van der Waals surface area contributed by atoms with Crippen LogP contribution in [0.1, 0.15) is 16.3 Å². The molecule has 0 aliphatic carbocycles. The summed E-state index contributed by atoms with van der Waals surface area (Å²) >= 11 is 7.44. The molecule has 2 heterocycles. The van der Waals surface area contributed by atoms with E-state index in [4.69, 9.17) is 11.6 Å². The van der Waals surface area contributed by atoms with Gasteiger partial charge in [-0.25, -0.2) is 4.98 Å². The van der Waals surface area contributed by atoms with Gasteiger partial charge in [0.15, 0.2) is 0 Å². The van der Waals surface area contributed by atoms with E-state index >= 15 is 0 Å². The lowest BCUT2D eigenvalue weighted by atomic mass is 10.1. The molecule has 0 spiro atoms. The molecule has 0 atom stereocenters. The number of halogens is 1. The molecule has 0 amide bonds. The Bertz CT molecular complexity index is 1210. The number of allylic oxidation sites excluding steroid dienone is 1. The van der Waals surface area contributed by atoms with E-state index in [0.717, 1.165) is 38.4 Å². The first kappa shape index (κ1) is 17.5. The van der Waals surface area contributed by atoms with Crippen LogP contribution in [0, 0.1) is 18.3 Å². The monoisotopic (exact) mass is 389 g/mol. The fourth-order valence-corrected chi connectivity index (χ4v) is 4.09. The Balaban J connectivity index is 1.79. The van der Waals surface area contributed by atoms with E-state index in [2.05, 4.69) is 34.7 Å². The van der Waals surface area contributed by atoms with E-state index < -0.39 is 0 Å². The second-order valence-corrected chi connectivity index (χ2v) is 7.58. The standard InChI is InChI=1S/C22H16ClN3S/c1-14-19(18-5-3-4-6-21(18)26(14)2)11-16(12-24)22-25-20(13-27-22)15-7-9-17(23)10-8-15/h3-11,13H,1-2H3/b16-11-. The van der Waals surface area contributed by atoms with Crippen LogP contribution in [0.4, 0.5) is 0 Å². The molecular weight excluding hydrogens is 374 g/mol. The highest BCUT2D eigenvalue weighted by atomic mass is 35.5. The molecule has 2 aromatic carbocycles. The minimum absolute atomic E-state index is 0.569. The number of para-hydroxylation sites is 1. The number of aryl methyl sites for hydroxylation is 1. The topological polar surface area (TPSA) is 41.6 Å². The summed E-state index contributed by atoms with van der Waals surface area (Å²) in [6.07, 6.45) is 1.95. The summed E-state index contributed by atoms with van der Waals surface area (Å²) in [6.45, 7) is 2.07. The largest absolute Gasteiger partial charge is 0.347 e. The van der Waals surface area contributed by atoms with E-state index in [9.17, 15) is 5.26 Å². The van der Waals surface area contributed by atoms with Crippen molar-refractivity contribution in [3.8, 4) is 17.3 Å². The maximum Gasteiger partial charge on any atom is 0.134 e. The van der Waals surface area contributed by atoms with E-state index in [0.29, 0.717) is 10.6 Å². The molecule has 0 unspecified atom stereocenters. The Morgan fingerprint density at radius 1 is 1.19 bits per heavy atom. The molecule has 0 aliphatic heterocycles. The number of rotatable bonds is 3. The lowest BCUT2D eigenvalue weighted by Gasteiger charge is -1.99. The van der Waals surface area contributed by atoms with Gasteiger partial charge in [0.2, 0.25) is 0 Å². The zero-order valence-electron chi connectivity index (χ0n) is 14.9. The Morgan fingerprint density at radius 2 is 1.93 bits per heavy atom. The first-order chi connectivity index (χ1) is 13.1. The van der Waals surface area contributed by atoms with Crippen molar-refractivity contribution in [2.75, 3.05) is 0 Å². The van der Waals surface area contributed by atoms with Gasteiger partial charge in [0.05, 0.1) is 11.3 Å². The molecule has 27 heavy (non-hydrogen) atoms. The Labute approximate surface area is 166 Å². The quantitative estimate of drug-likeness (QED) is 0.384. The molecule has 0 fully saturated rings. The molecule has 0 N–H and O–H groups in total. The van der Waals surface area contributed by atoms with Gasteiger partial charge in [-0.2, -0.15) is 5.26 Å². The minimum atomic E-state index is 0.569. The molecule has 0 saturated heterocycles. The van der Waals surface area contributed by atoms with Gasteiger partial charge in [-0.05, 0) is 31.2 Å². The van der Waals surface area contributed by atoms with Crippen molar-refractivity contribution in [1.82, 2.24) is 9.55 Å².